The largest absolute Gasteiger partial charge is 0.482 e. The van der Waals surface area contributed by atoms with E-state index in [4.69, 9.17) is 16.3 Å². The van der Waals surface area contributed by atoms with Crippen LogP contribution < -0.4 is 13.9 Å². The predicted octanol–water partition coefficient (Wildman–Crippen LogP) is 4.27. The molecular formula is C23H20ClFN2O4S. The van der Waals surface area contributed by atoms with Crippen molar-refractivity contribution >= 4 is 38.9 Å². The van der Waals surface area contributed by atoms with E-state index in [-0.39, 0.29) is 28.2 Å². The molecule has 1 heterocycles. The van der Waals surface area contributed by atoms with Gasteiger partial charge >= 0.3 is 0 Å². The first-order valence-electron chi connectivity index (χ1n) is 9.82. The van der Waals surface area contributed by atoms with Crippen LogP contribution in [0.1, 0.15) is 5.56 Å². The number of rotatable bonds is 6. The van der Waals surface area contributed by atoms with Gasteiger partial charge in [0.15, 0.2) is 6.61 Å². The number of ether oxygens (including phenoxy) is 1. The van der Waals surface area contributed by atoms with Crippen molar-refractivity contribution in [3.8, 4) is 5.75 Å². The Kier molecular flexibility index (Phi) is 6.08. The Labute approximate surface area is 190 Å². The first-order chi connectivity index (χ1) is 15.3. The van der Waals surface area contributed by atoms with Gasteiger partial charge in [-0.2, -0.15) is 0 Å². The monoisotopic (exact) mass is 474 g/mol. The summed E-state index contributed by atoms with van der Waals surface area (Å²) < 4.78 is 46.2. The van der Waals surface area contributed by atoms with Crippen LogP contribution in [0, 0.1) is 5.82 Å². The Morgan fingerprint density at radius 2 is 1.84 bits per heavy atom. The number of nitrogens with zero attached hydrogens (tertiary/aromatic N) is 2. The maximum atomic E-state index is 13.1. The third kappa shape index (κ3) is 4.28. The molecule has 0 fully saturated rings. The van der Waals surface area contributed by atoms with E-state index in [0.717, 1.165) is 5.56 Å². The number of hydrogen-bond acceptors (Lipinski definition) is 4. The summed E-state index contributed by atoms with van der Waals surface area (Å²) in [6, 6.07) is 17.0. The Bertz CT molecular complexity index is 1270. The van der Waals surface area contributed by atoms with E-state index in [1.165, 1.54) is 51.7 Å². The van der Waals surface area contributed by atoms with Crippen LogP contribution in [-0.2, 0) is 21.2 Å². The third-order valence-electron chi connectivity index (χ3n) is 5.28. The molecule has 32 heavy (non-hydrogen) atoms. The number of carbonyl (C=O) groups excluding carboxylic acids is 1. The fraction of sp³-hybridized carbons (Fsp3) is 0.174. The van der Waals surface area contributed by atoms with Gasteiger partial charge in [-0.05, 0) is 60.5 Å². The van der Waals surface area contributed by atoms with Crippen LogP contribution in [0.4, 0.5) is 15.8 Å². The quantitative estimate of drug-likeness (QED) is 0.535. The van der Waals surface area contributed by atoms with Crippen LogP contribution >= 0.6 is 11.6 Å². The first-order valence-corrected chi connectivity index (χ1v) is 11.6. The van der Waals surface area contributed by atoms with Gasteiger partial charge in [0, 0.05) is 19.3 Å². The van der Waals surface area contributed by atoms with Crippen molar-refractivity contribution in [3.63, 3.8) is 0 Å². The lowest BCUT2D eigenvalue weighted by atomic mass is 10.2. The highest BCUT2D eigenvalue weighted by molar-refractivity contribution is 7.92. The summed E-state index contributed by atoms with van der Waals surface area (Å²) in [5.41, 5.74) is 2.16. The maximum absolute atomic E-state index is 13.1. The number of hydrogen-bond donors (Lipinski definition) is 0. The highest BCUT2D eigenvalue weighted by Gasteiger charge is 2.31. The number of fused-ring (bicyclic) bond motifs is 1. The van der Waals surface area contributed by atoms with Crippen molar-refractivity contribution in [2.24, 2.45) is 0 Å². The Hall–Kier alpha value is -3.10. The molecule has 9 heteroatoms. The molecule has 0 aromatic heterocycles. The second kappa shape index (κ2) is 8.80. The smallest absolute Gasteiger partial charge is 0.264 e. The van der Waals surface area contributed by atoms with Crippen LogP contribution in [-0.4, -0.2) is 34.5 Å². The summed E-state index contributed by atoms with van der Waals surface area (Å²) in [6.45, 7) is 0.0426. The van der Waals surface area contributed by atoms with Gasteiger partial charge in [-0.3, -0.25) is 9.10 Å². The molecule has 0 saturated heterocycles. The highest BCUT2D eigenvalue weighted by Crippen LogP contribution is 2.35. The van der Waals surface area contributed by atoms with E-state index in [9.17, 15) is 17.6 Å². The molecule has 0 spiro atoms. The average molecular weight is 475 g/mol. The molecule has 0 bridgehead atoms. The third-order valence-corrected chi connectivity index (χ3v) is 7.38. The zero-order valence-corrected chi connectivity index (χ0v) is 18.7. The molecule has 166 valence electrons. The van der Waals surface area contributed by atoms with Gasteiger partial charge in [0.05, 0.1) is 15.6 Å². The molecule has 1 aliphatic heterocycles. The van der Waals surface area contributed by atoms with Gasteiger partial charge in [-0.15, -0.1) is 0 Å². The summed E-state index contributed by atoms with van der Waals surface area (Å²) in [4.78, 5) is 13.8. The molecule has 4 rings (SSSR count). The molecule has 6 nitrogen and oxygen atoms in total. The van der Waals surface area contributed by atoms with Crippen molar-refractivity contribution in [1.82, 2.24) is 0 Å². The molecular weight excluding hydrogens is 455 g/mol. The van der Waals surface area contributed by atoms with E-state index >= 15 is 0 Å². The molecule has 0 N–H and O–H groups in total. The molecule has 0 saturated carbocycles. The second-order valence-electron chi connectivity index (χ2n) is 7.27. The molecule has 0 atom stereocenters. The van der Waals surface area contributed by atoms with Gasteiger partial charge < -0.3 is 9.64 Å². The molecule has 3 aromatic rings. The Balaban J connectivity index is 1.46. The van der Waals surface area contributed by atoms with Crippen LogP contribution in [0.25, 0.3) is 0 Å². The predicted molar refractivity (Wildman–Crippen MR) is 121 cm³/mol. The average Bonchev–Trinajstić information content (AvgIpc) is 3.23. The number of sulfonamides is 1. The Morgan fingerprint density at radius 3 is 2.56 bits per heavy atom. The number of amides is 1. The number of para-hydroxylation sites is 1. The fourth-order valence-electron chi connectivity index (χ4n) is 3.49. The standard InChI is InChI=1S/C23H20ClFN2O4S/c1-26(18-8-6-17(25)7-9-18)23(28)15-31-22-11-10-19(14-20(22)24)32(29,30)27-13-12-16-4-2-3-5-21(16)27/h2-11,14H,12-13,15H2,1H3. The number of halogens is 2. The molecule has 0 radical (unpaired) electrons. The zero-order chi connectivity index (χ0) is 22.9. The van der Waals surface area contributed by atoms with Crippen LogP contribution in [0.15, 0.2) is 71.6 Å². The molecule has 0 unspecified atom stereocenters. The lowest BCUT2D eigenvalue weighted by molar-refractivity contribution is -0.120. The Morgan fingerprint density at radius 1 is 1.12 bits per heavy atom. The van der Waals surface area contributed by atoms with Gasteiger partial charge in [0.25, 0.3) is 15.9 Å². The minimum Gasteiger partial charge on any atom is -0.482 e. The van der Waals surface area contributed by atoms with Crippen LogP contribution in [0.2, 0.25) is 5.02 Å². The van der Waals surface area contributed by atoms with E-state index < -0.39 is 15.8 Å². The van der Waals surface area contributed by atoms with Gasteiger partial charge in [-0.1, -0.05) is 29.8 Å². The SMILES string of the molecule is CN(C(=O)COc1ccc(S(=O)(=O)N2CCc3ccccc32)cc1Cl)c1ccc(F)cc1. The zero-order valence-electron chi connectivity index (χ0n) is 17.2. The lowest BCUT2D eigenvalue weighted by Crippen LogP contribution is -2.31. The first kappa shape index (κ1) is 22.1. The van der Waals surface area contributed by atoms with Gasteiger partial charge in [0.1, 0.15) is 11.6 Å². The van der Waals surface area contributed by atoms with Gasteiger partial charge in [0.2, 0.25) is 0 Å². The number of benzene rings is 3. The number of likely N-dealkylation sites (N-methyl/N-ethyl adjacent to an activating group) is 1. The van der Waals surface area contributed by atoms with E-state index in [1.807, 2.05) is 12.1 Å². The summed E-state index contributed by atoms with van der Waals surface area (Å²) in [7, 11) is -2.24. The van der Waals surface area contributed by atoms with Crippen LogP contribution in [0.3, 0.4) is 0 Å². The highest BCUT2D eigenvalue weighted by atomic mass is 35.5. The fourth-order valence-corrected chi connectivity index (χ4v) is 5.32. The minimum atomic E-state index is -3.79. The maximum Gasteiger partial charge on any atom is 0.264 e. The molecule has 1 amide bonds. The number of anilines is 2. The van der Waals surface area contributed by atoms with E-state index in [1.54, 1.807) is 19.2 Å². The molecule has 3 aromatic carbocycles. The molecule has 1 aliphatic rings. The minimum absolute atomic E-state index is 0.0429. The second-order valence-corrected chi connectivity index (χ2v) is 9.54. The summed E-state index contributed by atoms with van der Waals surface area (Å²) in [5.74, 6) is -0.587. The van der Waals surface area contributed by atoms with Crippen molar-refractivity contribution in [1.29, 1.82) is 0 Å². The van der Waals surface area contributed by atoms with E-state index in [2.05, 4.69) is 0 Å². The molecule has 0 aliphatic carbocycles. The summed E-state index contributed by atoms with van der Waals surface area (Å²) in [5, 5.41) is 0.0794. The summed E-state index contributed by atoms with van der Waals surface area (Å²) >= 11 is 6.27. The van der Waals surface area contributed by atoms with Crippen molar-refractivity contribution in [2.45, 2.75) is 11.3 Å². The topological polar surface area (TPSA) is 66.9 Å². The van der Waals surface area contributed by atoms with Crippen LogP contribution in [0.5, 0.6) is 5.75 Å². The van der Waals surface area contributed by atoms with Gasteiger partial charge in [-0.25, -0.2) is 12.8 Å². The van der Waals surface area contributed by atoms with Crippen molar-refractivity contribution in [3.05, 3.63) is 83.1 Å². The van der Waals surface area contributed by atoms with Crippen molar-refractivity contribution in [2.75, 3.05) is 29.4 Å². The van der Waals surface area contributed by atoms with Crippen molar-refractivity contribution < 1.29 is 22.3 Å². The van der Waals surface area contributed by atoms with E-state index in [0.29, 0.717) is 24.3 Å². The normalized spacial score (nSPS) is 13.0. The number of carbonyl (C=O) groups is 1. The summed E-state index contributed by atoms with van der Waals surface area (Å²) in [6.07, 6.45) is 0.647. The lowest BCUT2D eigenvalue weighted by Gasteiger charge is -2.20.